The van der Waals surface area contributed by atoms with Crippen LogP contribution in [0.1, 0.15) is 0 Å². The summed E-state index contributed by atoms with van der Waals surface area (Å²) in [4.78, 5) is 16.4. The number of hydrogen-bond donors (Lipinski definition) is 0. The molecule has 0 saturated heterocycles. The molecule has 0 aliphatic heterocycles. The van der Waals surface area contributed by atoms with E-state index in [4.69, 9.17) is 15.0 Å². The number of rotatable bonds is 10. The zero-order chi connectivity index (χ0) is 61.8. The van der Waals surface area contributed by atoms with Crippen LogP contribution < -0.4 is 0 Å². The predicted molar refractivity (Wildman–Crippen MR) is 398 cm³/mol. The lowest BCUT2D eigenvalue weighted by Gasteiger charge is -2.14. The number of fused-ring (bicyclic) bond motifs is 12. The lowest BCUT2D eigenvalue weighted by Crippen LogP contribution is -2.02. The summed E-state index contributed by atoms with van der Waals surface area (Å²) in [6, 6.07) is 117. The van der Waals surface area contributed by atoms with E-state index >= 15 is 0 Å². The molecule has 14 aromatic carbocycles. The van der Waals surface area contributed by atoms with Gasteiger partial charge in [0.1, 0.15) is 0 Å². The third kappa shape index (κ3) is 9.15. The second-order valence-electron chi connectivity index (χ2n) is 24.3. The molecule has 0 bridgehead atoms. The highest BCUT2D eigenvalue weighted by atomic mass is 32.1. The first-order valence-electron chi connectivity index (χ1n) is 31.8. The van der Waals surface area contributed by atoms with Crippen LogP contribution >= 0.6 is 22.7 Å². The largest absolute Gasteiger partial charge is 0.309 e. The number of para-hydroxylation sites is 2. The van der Waals surface area contributed by atoms with Crippen molar-refractivity contribution in [2.75, 3.05) is 0 Å². The molecular formula is C87H53N5S2. The SMILES string of the molecule is c1ccc(-c2cc(-c3ccccc3)cc(-c3cccc(-c4nc(-c5cccc(-n6c7ccccc7c7cc(-c8ccc9sc%10ccccc%10c9c8)ccc76)c5)nc(-c5cccc(-n6c7ccccc7c7cc(-c8ccc9sc%10ccccc%10c9c8)ccc76)c5)n4)c3)c2)cc1. The van der Waals surface area contributed by atoms with Crippen LogP contribution in [0.25, 0.3) is 185 Å². The fraction of sp³-hybridized carbons (Fsp3) is 0. The van der Waals surface area contributed by atoms with Crippen molar-refractivity contribution in [3.63, 3.8) is 0 Å². The van der Waals surface area contributed by atoms with E-state index in [0.717, 1.165) is 83.5 Å². The molecule has 19 aromatic rings. The highest BCUT2D eigenvalue weighted by molar-refractivity contribution is 7.26. The summed E-state index contributed by atoms with van der Waals surface area (Å²) in [7, 11) is 0. The van der Waals surface area contributed by atoms with Gasteiger partial charge in [0.05, 0.1) is 22.1 Å². The fourth-order valence-electron chi connectivity index (χ4n) is 14.2. The van der Waals surface area contributed by atoms with E-state index in [0.29, 0.717) is 17.5 Å². The van der Waals surface area contributed by atoms with Gasteiger partial charge in [0.15, 0.2) is 17.5 Å². The average molecular weight is 1230 g/mol. The first kappa shape index (κ1) is 53.9. The zero-order valence-corrected chi connectivity index (χ0v) is 52.3. The molecule has 5 heterocycles. The molecule has 5 aromatic heterocycles. The minimum absolute atomic E-state index is 0.576. The second kappa shape index (κ2) is 21.9. The maximum absolute atomic E-state index is 5.49. The van der Waals surface area contributed by atoms with Crippen LogP contribution in [0, 0.1) is 0 Å². The maximum Gasteiger partial charge on any atom is 0.164 e. The van der Waals surface area contributed by atoms with Gasteiger partial charge in [-0.1, -0.05) is 200 Å². The van der Waals surface area contributed by atoms with Crippen molar-refractivity contribution in [3.8, 4) is 101 Å². The van der Waals surface area contributed by atoms with Gasteiger partial charge in [-0.05, 0) is 177 Å². The van der Waals surface area contributed by atoms with Crippen LogP contribution in [0.5, 0.6) is 0 Å². The smallest absolute Gasteiger partial charge is 0.164 e. The normalized spacial score (nSPS) is 11.8. The van der Waals surface area contributed by atoms with Gasteiger partial charge >= 0.3 is 0 Å². The Hall–Kier alpha value is -11.9. The van der Waals surface area contributed by atoms with Gasteiger partial charge in [-0.3, -0.25) is 0 Å². The van der Waals surface area contributed by atoms with Crippen LogP contribution in [0.15, 0.2) is 322 Å². The van der Waals surface area contributed by atoms with Crippen molar-refractivity contribution in [3.05, 3.63) is 322 Å². The van der Waals surface area contributed by atoms with Crippen LogP contribution in [0.3, 0.4) is 0 Å². The van der Waals surface area contributed by atoms with Gasteiger partial charge in [0.2, 0.25) is 0 Å². The zero-order valence-electron chi connectivity index (χ0n) is 50.7. The molecule has 5 nitrogen and oxygen atoms in total. The Balaban J connectivity index is 0.754. The van der Waals surface area contributed by atoms with E-state index in [1.807, 2.05) is 22.7 Å². The Morgan fingerprint density at radius 2 is 0.489 bits per heavy atom. The third-order valence-electron chi connectivity index (χ3n) is 18.7. The molecule has 0 atom stereocenters. The van der Waals surface area contributed by atoms with Gasteiger partial charge in [-0.15, -0.1) is 22.7 Å². The van der Waals surface area contributed by atoms with Crippen molar-refractivity contribution in [1.29, 1.82) is 0 Å². The van der Waals surface area contributed by atoms with Gasteiger partial charge < -0.3 is 9.13 Å². The third-order valence-corrected chi connectivity index (χ3v) is 21.0. The topological polar surface area (TPSA) is 48.5 Å². The first-order chi connectivity index (χ1) is 46.5. The van der Waals surface area contributed by atoms with Gasteiger partial charge in [-0.2, -0.15) is 0 Å². The Labute approximate surface area is 549 Å². The summed E-state index contributed by atoms with van der Waals surface area (Å²) in [5.41, 5.74) is 20.7. The van der Waals surface area contributed by atoms with E-state index in [1.54, 1.807) is 0 Å². The minimum atomic E-state index is 0.576. The lowest BCUT2D eigenvalue weighted by atomic mass is 9.93. The molecule has 0 unspecified atom stereocenters. The van der Waals surface area contributed by atoms with Crippen molar-refractivity contribution >= 4 is 107 Å². The summed E-state index contributed by atoms with van der Waals surface area (Å²) >= 11 is 3.70. The van der Waals surface area contributed by atoms with Gasteiger partial charge in [-0.25, -0.2) is 15.0 Å². The molecule has 438 valence electrons. The van der Waals surface area contributed by atoms with Crippen LogP contribution in [0.4, 0.5) is 0 Å². The predicted octanol–water partition coefficient (Wildman–Crippen LogP) is 24.1. The molecule has 0 spiro atoms. The first-order valence-corrected chi connectivity index (χ1v) is 33.4. The maximum atomic E-state index is 5.49. The molecule has 0 aliphatic carbocycles. The highest BCUT2D eigenvalue weighted by Crippen LogP contribution is 2.43. The molecule has 7 heteroatoms. The molecule has 0 amide bonds. The Morgan fingerprint density at radius 3 is 0.957 bits per heavy atom. The summed E-state index contributed by atoms with van der Waals surface area (Å²) in [6.07, 6.45) is 0. The number of hydrogen-bond acceptors (Lipinski definition) is 5. The number of nitrogens with zero attached hydrogens (tertiary/aromatic N) is 5. The molecular weight excluding hydrogens is 1180 g/mol. The molecule has 0 N–H and O–H groups in total. The van der Waals surface area contributed by atoms with Crippen molar-refractivity contribution in [1.82, 2.24) is 24.1 Å². The number of benzene rings is 14. The van der Waals surface area contributed by atoms with E-state index in [2.05, 4.69) is 331 Å². The highest BCUT2D eigenvalue weighted by Gasteiger charge is 2.21. The van der Waals surface area contributed by atoms with E-state index in [9.17, 15) is 0 Å². The molecule has 19 rings (SSSR count). The van der Waals surface area contributed by atoms with Crippen molar-refractivity contribution in [2.24, 2.45) is 0 Å². The quantitative estimate of drug-likeness (QED) is 0.137. The Kier molecular flexibility index (Phi) is 12.6. The summed E-state index contributed by atoms with van der Waals surface area (Å²) < 4.78 is 9.99. The second-order valence-corrected chi connectivity index (χ2v) is 26.5. The summed E-state index contributed by atoms with van der Waals surface area (Å²) in [5.74, 6) is 1.73. The minimum Gasteiger partial charge on any atom is -0.309 e. The number of thiophene rings is 2. The summed E-state index contributed by atoms with van der Waals surface area (Å²) in [6.45, 7) is 0. The Bertz CT molecular complexity index is 5900. The summed E-state index contributed by atoms with van der Waals surface area (Å²) in [5, 5.41) is 9.96. The fourth-order valence-corrected chi connectivity index (χ4v) is 16.4. The average Bonchev–Trinajstić information content (AvgIpc) is 1.60. The van der Waals surface area contributed by atoms with Crippen molar-refractivity contribution in [2.45, 2.75) is 0 Å². The molecule has 0 radical (unpaired) electrons. The lowest BCUT2D eigenvalue weighted by molar-refractivity contribution is 1.07. The van der Waals surface area contributed by atoms with Crippen molar-refractivity contribution < 1.29 is 0 Å². The standard InChI is InChI=1S/C87H53N5S2/c1-3-18-54(19-4-1)64-45-65(55-20-5-2-6-21-55)47-66(46-64)56-22-15-23-61(44-56)85-88-86(62-24-16-26-67(48-62)91-77-32-11-7-28-69(77)73-50-57(36-40-79(73)91)59-38-42-83-75(52-59)71-30-9-13-34-81(71)93-83)90-87(89-85)63-25-17-27-68(49-63)92-78-33-12-8-29-70(78)74-51-58(37-41-80(74)92)60-39-43-84-76(53-60)72-31-10-14-35-82(72)94-84/h1-53H. The molecule has 0 fully saturated rings. The van der Waals surface area contributed by atoms with E-state index in [1.165, 1.54) is 84.1 Å². The van der Waals surface area contributed by atoms with E-state index in [-0.39, 0.29) is 0 Å². The van der Waals surface area contributed by atoms with Gasteiger partial charge in [0, 0.05) is 90.0 Å². The molecule has 94 heavy (non-hydrogen) atoms. The molecule has 0 aliphatic rings. The van der Waals surface area contributed by atoms with E-state index < -0.39 is 0 Å². The van der Waals surface area contributed by atoms with Crippen LogP contribution in [-0.2, 0) is 0 Å². The van der Waals surface area contributed by atoms with Crippen LogP contribution in [0.2, 0.25) is 0 Å². The van der Waals surface area contributed by atoms with Gasteiger partial charge in [0.25, 0.3) is 0 Å². The molecule has 0 saturated carbocycles. The number of aromatic nitrogens is 5. The van der Waals surface area contributed by atoms with Crippen LogP contribution in [-0.4, -0.2) is 24.1 Å². The Morgan fingerprint density at radius 1 is 0.181 bits per heavy atom. The monoisotopic (exact) mass is 1230 g/mol.